The lowest BCUT2D eigenvalue weighted by Crippen LogP contribution is -2.44. The van der Waals surface area contributed by atoms with E-state index in [1.165, 1.54) is 11.3 Å². The first kappa shape index (κ1) is 21.9. The van der Waals surface area contributed by atoms with Crippen molar-refractivity contribution in [2.75, 3.05) is 50.6 Å². The van der Waals surface area contributed by atoms with Gasteiger partial charge in [0.15, 0.2) is 0 Å². The molecule has 1 fully saturated rings. The molecule has 0 saturated carbocycles. The third-order valence-electron chi connectivity index (χ3n) is 5.94. The second-order valence-electron chi connectivity index (χ2n) is 7.81. The minimum Gasteiger partial charge on any atom is -0.494 e. The third-order valence-corrected chi connectivity index (χ3v) is 6.63. The summed E-state index contributed by atoms with van der Waals surface area (Å²) >= 11 is 3.62. The molecular weight excluding hydrogens is 480 g/mol. The van der Waals surface area contributed by atoms with Gasteiger partial charge in [0.05, 0.1) is 28.8 Å². The molecule has 7 nitrogen and oxygen atoms in total. The molecule has 1 N–H and O–H groups in total. The fraction of sp³-hybridized carbons (Fsp3) is 0.364. The molecule has 0 aliphatic carbocycles. The van der Waals surface area contributed by atoms with E-state index in [0.717, 1.165) is 66.6 Å². The smallest absolute Gasteiger partial charge is 0.227 e. The molecule has 0 amide bonds. The van der Waals surface area contributed by atoms with Gasteiger partial charge in [-0.25, -0.2) is 9.97 Å². The first-order valence-corrected chi connectivity index (χ1v) is 11.0. The van der Waals surface area contributed by atoms with Crippen LogP contribution in [0.2, 0.25) is 0 Å². The maximum absolute atomic E-state index is 5.68. The highest BCUT2D eigenvalue weighted by Gasteiger charge is 2.21. The Morgan fingerprint density at radius 1 is 1.06 bits per heavy atom. The number of aromatic nitrogens is 3. The van der Waals surface area contributed by atoms with Crippen LogP contribution in [-0.4, -0.2) is 59.8 Å². The fourth-order valence-corrected chi connectivity index (χ4v) is 4.65. The Bertz CT molecular complexity index is 1080. The molecule has 3 aromatic rings. The number of piperazine rings is 1. The molecular formula is C22H26BrClN6O. The van der Waals surface area contributed by atoms with E-state index in [0.29, 0.717) is 5.95 Å². The number of anilines is 3. The molecule has 5 rings (SSSR count). The summed E-state index contributed by atoms with van der Waals surface area (Å²) in [6, 6.07) is 10.4. The molecule has 0 unspecified atom stereocenters. The zero-order chi connectivity index (χ0) is 20.7. The van der Waals surface area contributed by atoms with Crippen molar-refractivity contribution in [2.45, 2.75) is 13.0 Å². The Morgan fingerprint density at radius 2 is 1.87 bits per heavy atom. The fourth-order valence-electron chi connectivity index (χ4n) is 4.15. The van der Waals surface area contributed by atoms with Crippen molar-refractivity contribution in [3.63, 3.8) is 0 Å². The van der Waals surface area contributed by atoms with Gasteiger partial charge in [0.1, 0.15) is 5.75 Å². The van der Waals surface area contributed by atoms with Gasteiger partial charge in [-0.15, -0.1) is 12.4 Å². The summed E-state index contributed by atoms with van der Waals surface area (Å²) in [6.45, 7) is 5.13. The molecule has 164 valence electrons. The van der Waals surface area contributed by atoms with Crippen LogP contribution in [0.4, 0.5) is 17.3 Å². The highest BCUT2D eigenvalue weighted by molar-refractivity contribution is 9.10. The van der Waals surface area contributed by atoms with Gasteiger partial charge in [0.2, 0.25) is 5.95 Å². The summed E-state index contributed by atoms with van der Waals surface area (Å²) in [6.07, 6.45) is 2.86. The number of benzene rings is 1. The predicted molar refractivity (Wildman–Crippen MR) is 130 cm³/mol. The molecule has 4 heterocycles. The topological polar surface area (TPSA) is 58.5 Å². The minimum atomic E-state index is 0. The van der Waals surface area contributed by atoms with Crippen LogP contribution in [0.5, 0.6) is 5.75 Å². The van der Waals surface area contributed by atoms with E-state index < -0.39 is 0 Å². The zero-order valence-electron chi connectivity index (χ0n) is 17.6. The molecule has 1 aromatic carbocycles. The third kappa shape index (κ3) is 4.24. The van der Waals surface area contributed by atoms with Crippen molar-refractivity contribution in [3.05, 3.63) is 46.7 Å². The molecule has 0 radical (unpaired) electrons. The van der Waals surface area contributed by atoms with Crippen molar-refractivity contribution >= 4 is 45.7 Å². The Morgan fingerprint density at radius 3 is 2.65 bits per heavy atom. The van der Waals surface area contributed by atoms with Gasteiger partial charge in [0, 0.05) is 56.2 Å². The molecule has 2 aromatic heterocycles. The van der Waals surface area contributed by atoms with E-state index >= 15 is 0 Å². The highest BCUT2D eigenvalue weighted by Crippen LogP contribution is 2.34. The van der Waals surface area contributed by atoms with E-state index in [1.54, 1.807) is 7.11 Å². The van der Waals surface area contributed by atoms with Gasteiger partial charge in [-0.1, -0.05) is 0 Å². The van der Waals surface area contributed by atoms with Gasteiger partial charge < -0.3 is 24.4 Å². The van der Waals surface area contributed by atoms with Crippen LogP contribution in [0.25, 0.3) is 11.4 Å². The number of fused-ring (bicyclic) bond motifs is 3. The number of ether oxygens (including phenoxy) is 1. The largest absolute Gasteiger partial charge is 0.494 e. The Labute approximate surface area is 197 Å². The maximum Gasteiger partial charge on any atom is 0.227 e. The van der Waals surface area contributed by atoms with Crippen LogP contribution in [0.3, 0.4) is 0 Å². The Hall–Kier alpha value is -2.29. The Balaban J connectivity index is 0.00000231. The van der Waals surface area contributed by atoms with Gasteiger partial charge in [0.25, 0.3) is 0 Å². The first-order valence-electron chi connectivity index (χ1n) is 10.2. The van der Waals surface area contributed by atoms with E-state index in [-0.39, 0.29) is 12.4 Å². The predicted octanol–water partition coefficient (Wildman–Crippen LogP) is 4.19. The Kier molecular flexibility index (Phi) is 6.41. The van der Waals surface area contributed by atoms with Gasteiger partial charge in [-0.3, -0.25) is 0 Å². The lowest BCUT2D eigenvalue weighted by atomic mass is 10.1. The van der Waals surface area contributed by atoms with Crippen LogP contribution >= 0.6 is 28.3 Å². The number of halogens is 2. The number of nitrogens with zero attached hydrogens (tertiary/aromatic N) is 5. The second kappa shape index (κ2) is 9.06. The summed E-state index contributed by atoms with van der Waals surface area (Å²) in [5.41, 5.74) is 5.32. The molecule has 0 bridgehead atoms. The molecule has 0 atom stereocenters. The average Bonchev–Trinajstić information content (AvgIpc) is 3.16. The first-order chi connectivity index (χ1) is 14.6. The SMILES string of the molecule is COc1cc(N2CCN(C)CC2)ccc1Nc1ncc2c(n1)-c1ccc(Br)n1CC2.Cl. The molecule has 2 aliphatic rings. The van der Waals surface area contributed by atoms with E-state index in [9.17, 15) is 0 Å². The number of rotatable bonds is 4. The van der Waals surface area contributed by atoms with Gasteiger partial charge in [-0.2, -0.15) is 0 Å². The summed E-state index contributed by atoms with van der Waals surface area (Å²) in [5, 5.41) is 3.35. The van der Waals surface area contributed by atoms with Crippen LogP contribution in [0.1, 0.15) is 5.56 Å². The highest BCUT2D eigenvalue weighted by atomic mass is 79.9. The van der Waals surface area contributed by atoms with Crippen molar-refractivity contribution in [3.8, 4) is 17.1 Å². The number of aryl methyl sites for hydroxylation is 1. The normalized spacial score (nSPS) is 15.6. The van der Waals surface area contributed by atoms with Crippen LogP contribution in [0, 0.1) is 0 Å². The van der Waals surface area contributed by atoms with Crippen LogP contribution in [-0.2, 0) is 13.0 Å². The van der Waals surface area contributed by atoms with Crippen molar-refractivity contribution in [2.24, 2.45) is 0 Å². The van der Waals surface area contributed by atoms with Gasteiger partial charge in [-0.05, 0) is 53.7 Å². The monoisotopic (exact) mass is 504 g/mol. The summed E-state index contributed by atoms with van der Waals surface area (Å²) in [4.78, 5) is 14.1. The molecule has 2 aliphatic heterocycles. The minimum absolute atomic E-state index is 0. The molecule has 1 saturated heterocycles. The second-order valence-corrected chi connectivity index (χ2v) is 8.62. The summed E-state index contributed by atoms with van der Waals surface area (Å²) in [7, 11) is 3.87. The van der Waals surface area contributed by atoms with Crippen LogP contribution in [0.15, 0.2) is 41.1 Å². The number of hydrogen-bond acceptors (Lipinski definition) is 6. The molecule has 9 heteroatoms. The zero-order valence-corrected chi connectivity index (χ0v) is 20.0. The van der Waals surface area contributed by atoms with Crippen molar-refractivity contribution in [1.29, 1.82) is 0 Å². The van der Waals surface area contributed by atoms with Crippen LogP contribution < -0.4 is 15.0 Å². The lowest BCUT2D eigenvalue weighted by molar-refractivity contribution is 0.312. The summed E-state index contributed by atoms with van der Waals surface area (Å²) < 4.78 is 9.00. The van der Waals surface area contributed by atoms with Crippen molar-refractivity contribution in [1.82, 2.24) is 19.4 Å². The van der Waals surface area contributed by atoms with E-state index in [1.807, 2.05) is 6.20 Å². The van der Waals surface area contributed by atoms with E-state index in [2.05, 4.69) is 78.0 Å². The summed E-state index contributed by atoms with van der Waals surface area (Å²) in [5.74, 6) is 1.36. The number of likely N-dealkylation sites (N-methyl/N-ethyl adjacent to an activating group) is 1. The number of nitrogens with one attached hydrogen (secondary N) is 1. The quantitative estimate of drug-likeness (QED) is 0.574. The average molecular weight is 506 g/mol. The number of methoxy groups -OCH3 is 1. The molecule has 0 spiro atoms. The van der Waals surface area contributed by atoms with Crippen molar-refractivity contribution < 1.29 is 4.74 Å². The number of hydrogen-bond donors (Lipinski definition) is 1. The van der Waals surface area contributed by atoms with Gasteiger partial charge >= 0.3 is 0 Å². The standard InChI is InChI=1S/C22H25BrN6O.ClH/c1-27-9-11-28(12-10-27)16-3-4-17(19(13-16)30-2)25-22-24-14-15-7-8-29-18(21(15)26-22)5-6-20(29)23;/h3-6,13-14H,7-12H2,1-2H3,(H,24,25,26);1H. The van der Waals surface area contributed by atoms with E-state index in [4.69, 9.17) is 9.72 Å². The maximum atomic E-state index is 5.68. The molecule has 31 heavy (non-hydrogen) atoms. The lowest BCUT2D eigenvalue weighted by Gasteiger charge is -2.34.